The molecule has 1 atom stereocenters. The number of hydrogen-bond acceptors (Lipinski definition) is 4. The molecule has 5 nitrogen and oxygen atoms in total. The molecule has 0 spiro atoms. The van der Waals surface area contributed by atoms with Crippen molar-refractivity contribution < 1.29 is 14.3 Å². The van der Waals surface area contributed by atoms with E-state index >= 15 is 0 Å². The highest BCUT2D eigenvalue weighted by atomic mass is 16.6. The topological polar surface area (TPSA) is 73.6 Å². The van der Waals surface area contributed by atoms with Crippen LogP contribution in [0.1, 0.15) is 31.7 Å². The van der Waals surface area contributed by atoms with E-state index in [4.69, 9.17) is 15.2 Å². The van der Waals surface area contributed by atoms with Crippen LogP contribution in [0.25, 0.3) is 0 Å². The molecule has 0 saturated carbocycles. The number of amides is 1. The monoisotopic (exact) mass is 278 g/mol. The first-order valence-corrected chi connectivity index (χ1v) is 7.12. The first kappa shape index (κ1) is 14.7. The van der Waals surface area contributed by atoms with Crippen LogP contribution in [-0.2, 0) is 11.3 Å². The Bertz CT molecular complexity index is 462. The van der Waals surface area contributed by atoms with E-state index in [1.807, 2.05) is 18.2 Å². The van der Waals surface area contributed by atoms with Crippen molar-refractivity contribution in [3.8, 4) is 11.5 Å². The lowest BCUT2D eigenvalue weighted by Crippen LogP contribution is -2.40. The number of nitrogens with two attached hydrogens (primary N) is 1. The van der Waals surface area contributed by atoms with Gasteiger partial charge in [0.05, 0.1) is 6.04 Å². The molecule has 0 aromatic heterocycles. The maximum absolute atomic E-state index is 11.8. The van der Waals surface area contributed by atoms with Gasteiger partial charge >= 0.3 is 0 Å². The molecule has 5 heteroatoms. The Morgan fingerprint density at radius 1 is 1.35 bits per heavy atom. The molecular weight excluding hydrogens is 256 g/mol. The van der Waals surface area contributed by atoms with Gasteiger partial charge in [-0.25, -0.2) is 0 Å². The summed E-state index contributed by atoms with van der Waals surface area (Å²) < 4.78 is 11.0. The molecule has 1 aliphatic heterocycles. The number of hydrogen-bond donors (Lipinski definition) is 2. The molecule has 0 fully saturated rings. The zero-order chi connectivity index (χ0) is 14.4. The Kier molecular flexibility index (Phi) is 5.24. The van der Waals surface area contributed by atoms with E-state index in [0.29, 0.717) is 19.8 Å². The summed E-state index contributed by atoms with van der Waals surface area (Å²) in [6, 6.07) is 5.26. The predicted octanol–water partition coefficient (Wildman–Crippen LogP) is 1.59. The molecule has 0 aliphatic carbocycles. The minimum Gasteiger partial charge on any atom is -0.486 e. The largest absolute Gasteiger partial charge is 0.486 e. The maximum atomic E-state index is 11.8. The van der Waals surface area contributed by atoms with Gasteiger partial charge in [-0.05, 0) is 24.1 Å². The molecule has 1 aromatic rings. The van der Waals surface area contributed by atoms with Gasteiger partial charge in [-0.1, -0.05) is 25.8 Å². The standard InChI is InChI=1S/C15H22N2O3/c1-2-3-4-12(16)15(18)17-10-11-5-6-13-14(9-11)20-8-7-19-13/h5-6,9,12H,2-4,7-8,10,16H2,1H3,(H,17,18). The van der Waals surface area contributed by atoms with Crippen LogP contribution >= 0.6 is 0 Å². The highest BCUT2D eigenvalue weighted by Crippen LogP contribution is 2.30. The number of benzene rings is 1. The van der Waals surface area contributed by atoms with Gasteiger partial charge in [0.1, 0.15) is 13.2 Å². The smallest absolute Gasteiger partial charge is 0.237 e. The highest BCUT2D eigenvalue weighted by Gasteiger charge is 2.14. The molecule has 110 valence electrons. The maximum Gasteiger partial charge on any atom is 0.237 e. The van der Waals surface area contributed by atoms with E-state index in [0.717, 1.165) is 36.3 Å². The van der Waals surface area contributed by atoms with Crippen molar-refractivity contribution in [2.24, 2.45) is 5.73 Å². The lowest BCUT2D eigenvalue weighted by Gasteiger charge is -2.19. The van der Waals surface area contributed by atoms with Crippen LogP contribution in [-0.4, -0.2) is 25.2 Å². The molecule has 1 aliphatic rings. The number of fused-ring (bicyclic) bond motifs is 1. The summed E-state index contributed by atoms with van der Waals surface area (Å²) in [5.74, 6) is 1.39. The van der Waals surface area contributed by atoms with Gasteiger partial charge in [0.25, 0.3) is 0 Å². The van der Waals surface area contributed by atoms with Gasteiger partial charge in [-0.15, -0.1) is 0 Å². The predicted molar refractivity (Wildman–Crippen MR) is 76.8 cm³/mol. The summed E-state index contributed by atoms with van der Waals surface area (Å²) in [6.45, 7) is 3.68. The third-order valence-corrected chi connectivity index (χ3v) is 3.28. The highest BCUT2D eigenvalue weighted by molar-refractivity contribution is 5.81. The fraction of sp³-hybridized carbons (Fsp3) is 0.533. The lowest BCUT2D eigenvalue weighted by molar-refractivity contribution is -0.122. The first-order valence-electron chi connectivity index (χ1n) is 7.12. The second kappa shape index (κ2) is 7.14. The first-order chi connectivity index (χ1) is 9.70. The van der Waals surface area contributed by atoms with Crippen molar-refractivity contribution in [2.45, 2.75) is 38.8 Å². The second-order valence-electron chi connectivity index (χ2n) is 4.94. The van der Waals surface area contributed by atoms with Crippen molar-refractivity contribution in [3.05, 3.63) is 23.8 Å². The molecule has 1 amide bonds. The van der Waals surface area contributed by atoms with Gasteiger partial charge in [-0.2, -0.15) is 0 Å². The number of carbonyl (C=O) groups excluding carboxylic acids is 1. The number of unbranched alkanes of at least 4 members (excludes halogenated alkanes) is 1. The number of ether oxygens (including phenoxy) is 2. The average Bonchev–Trinajstić information content (AvgIpc) is 2.50. The van der Waals surface area contributed by atoms with Crippen molar-refractivity contribution in [1.82, 2.24) is 5.32 Å². The molecule has 20 heavy (non-hydrogen) atoms. The van der Waals surface area contributed by atoms with Crippen LogP contribution in [0, 0.1) is 0 Å². The van der Waals surface area contributed by atoms with Crippen LogP contribution in [0.15, 0.2) is 18.2 Å². The van der Waals surface area contributed by atoms with Crippen molar-refractivity contribution in [2.75, 3.05) is 13.2 Å². The summed E-state index contributed by atoms with van der Waals surface area (Å²) in [5.41, 5.74) is 6.80. The molecule has 0 radical (unpaired) electrons. The van der Waals surface area contributed by atoms with Crippen LogP contribution < -0.4 is 20.5 Å². The molecule has 0 bridgehead atoms. The van der Waals surface area contributed by atoms with E-state index in [2.05, 4.69) is 12.2 Å². The Morgan fingerprint density at radius 3 is 2.85 bits per heavy atom. The van der Waals surface area contributed by atoms with Gasteiger partial charge in [0.15, 0.2) is 11.5 Å². The normalized spacial score (nSPS) is 14.7. The van der Waals surface area contributed by atoms with Crippen LogP contribution in [0.2, 0.25) is 0 Å². The third kappa shape index (κ3) is 3.87. The number of carbonyl (C=O) groups is 1. The SMILES string of the molecule is CCCCC(N)C(=O)NCc1ccc2c(c1)OCCO2. The van der Waals surface area contributed by atoms with E-state index in [1.165, 1.54) is 0 Å². The van der Waals surface area contributed by atoms with Gasteiger partial charge < -0.3 is 20.5 Å². The Labute approximate surface area is 119 Å². The van der Waals surface area contributed by atoms with E-state index in [-0.39, 0.29) is 5.91 Å². The van der Waals surface area contributed by atoms with Gasteiger partial charge in [0, 0.05) is 6.54 Å². The minimum atomic E-state index is -0.424. The summed E-state index contributed by atoms with van der Waals surface area (Å²) in [7, 11) is 0. The zero-order valence-electron chi connectivity index (χ0n) is 11.9. The number of rotatable bonds is 6. The molecule has 0 saturated heterocycles. The van der Waals surface area contributed by atoms with Crippen LogP contribution in [0.5, 0.6) is 11.5 Å². The van der Waals surface area contributed by atoms with E-state index in [9.17, 15) is 4.79 Å². The summed E-state index contributed by atoms with van der Waals surface area (Å²) in [4.78, 5) is 11.8. The van der Waals surface area contributed by atoms with Crippen molar-refractivity contribution in [3.63, 3.8) is 0 Å². The molecule has 1 heterocycles. The van der Waals surface area contributed by atoms with Crippen LogP contribution in [0.4, 0.5) is 0 Å². The number of nitrogens with one attached hydrogen (secondary N) is 1. The fourth-order valence-corrected chi connectivity index (χ4v) is 2.07. The Hall–Kier alpha value is -1.75. The zero-order valence-corrected chi connectivity index (χ0v) is 11.9. The van der Waals surface area contributed by atoms with Gasteiger partial charge in [0.2, 0.25) is 5.91 Å². The van der Waals surface area contributed by atoms with E-state index in [1.54, 1.807) is 0 Å². The van der Waals surface area contributed by atoms with E-state index < -0.39 is 6.04 Å². The summed E-state index contributed by atoms with van der Waals surface area (Å²) in [6.07, 6.45) is 2.74. The van der Waals surface area contributed by atoms with Crippen molar-refractivity contribution in [1.29, 1.82) is 0 Å². The molecule has 1 aromatic carbocycles. The molecule has 3 N–H and O–H groups in total. The second-order valence-corrected chi connectivity index (χ2v) is 4.94. The average molecular weight is 278 g/mol. The minimum absolute atomic E-state index is 0.103. The Balaban J connectivity index is 1.86. The fourth-order valence-electron chi connectivity index (χ4n) is 2.07. The van der Waals surface area contributed by atoms with Crippen LogP contribution in [0.3, 0.4) is 0 Å². The van der Waals surface area contributed by atoms with Gasteiger partial charge in [-0.3, -0.25) is 4.79 Å². The van der Waals surface area contributed by atoms with Crippen molar-refractivity contribution >= 4 is 5.91 Å². The molecule has 2 rings (SSSR count). The lowest BCUT2D eigenvalue weighted by atomic mass is 10.1. The quantitative estimate of drug-likeness (QED) is 0.829. The third-order valence-electron chi connectivity index (χ3n) is 3.28. The summed E-state index contributed by atoms with van der Waals surface area (Å²) >= 11 is 0. The Morgan fingerprint density at radius 2 is 2.10 bits per heavy atom. The molecule has 1 unspecified atom stereocenters. The summed E-state index contributed by atoms with van der Waals surface area (Å²) in [5, 5.41) is 2.85. The molecular formula is C15H22N2O3.